The van der Waals surface area contributed by atoms with E-state index in [1.165, 1.54) is 27.9 Å². The van der Waals surface area contributed by atoms with E-state index in [1.54, 1.807) is 18.2 Å². The van der Waals surface area contributed by atoms with E-state index in [9.17, 15) is 28.1 Å². The number of nitro groups is 1. The molecule has 12 heteroatoms. The number of rotatable bonds is 4. The number of para-hydroxylation sites is 2. The molecule has 5 rings (SSSR count). The zero-order valence-electron chi connectivity index (χ0n) is 17.2. The molecule has 0 amide bonds. The maximum Gasteiger partial charge on any atom is 0.416 e. The number of thiazole rings is 1. The van der Waals surface area contributed by atoms with Gasteiger partial charge in [-0.2, -0.15) is 13.2 Å². The summed E-state index contributed by atoms with van der Waals surface area (Å²) < 4.78 is 46.1. The Morgan fingerprint density at radius 1 is 1.09 bits per heavy atom. The first-order valence-electron chi connectivity index (χ1n) is 9.86. The maximum absolute atomic E-state index is 12.9. The van der Waals surface area contributed by atoms with Gasteiger partial charge in [-0.25, -0.2) is 9.38 Å². The minimum Gasteiger partial charge on any atom is -0.449 e. The monoisotopic (exact) mass is 517 g/mol. The van der Waals surface area contributed by atoms with Crippen molar-refractivity contribution in [2.24, 2.45) is 0 Å². The topological polar surface area (TPSA) is 86.7 Å². The summed E-state index contributed by atoms with van der Waals surface area (Å²) in [5.74, 6) is -0.393. The van der Waals surface area contributed by atoms with Gasteiger partial charge in [-0.05, 0) is 48.0 Å². The van der Waals surface area contributed by atoms with E-state index in [-0.39, 0.29) is 16.3 Å². The smallest absolute Gasteiger partial charge is 0.416 e. The first-order chi connectivity index (χ1) is 16.6. The third-order valence-corrected chi connectivity index (χ3v) is 6.37. The van der Waals surface area contributed by atoms with Crippen LogP contribution in [0.15, 0.2) is 65.5 Å². The number of hydrogen-bond donors (Lipinski definition) is 0. The molecule has 0 saturated heterocycles. The SMILES string of the molecule is O=c1c(=Cc2ccc(Oc3ccc(C(F)(F)F)cc3[N+](=O)[O-])c(Cl)c2)sc2nc3ccccc3n12. The standard InChI is InChI=1S/C23H11ClF3N3O4S/c24-14-9-12(10-20-21(31)29-16-4-2-1-3-15(16)28-22(29)35-20)5-7-18(14)34-19-8-6-13(23(25,26)27)11-17(19)30(32)33/h1-11H. The van der Waals surface area contributed by atoms with Crippen molar-refractivity contribution in [1.29, 1.82) is 0 Å². The summed E-state index contributed by atoms with van der Waals surface area (Å²) in [4.78, 5) is 28.2. The van der Waals surface area contributed by atoms with Gasteiger partial charge in [-0.15, -0.1) is 0 Å². The van der Waals surface area contributed by atoms with Gasteiger partial charge in [-0.1, -0.05) is 41.1 Å². The molecule has 0 aliphatic carbocycles. The number of hydrogen-bond acceptors (Lipinski definition) is 6. The second-order valence-electron chi connectivity index (χ2n) is 7.36. The molecule has 0 unspecified atom stereocenters. The fourth-order valence-electron chi connectivity index (χ4n) is 3.49. The lowest BCUT2D eigenvalue weighted by Gasteiger charge is -2.11. The summed E-state index contributed by atoms with van der Waals surface area (Å²) >= 11 is 7.48. The van der Waals surface area contributed by atoms with Crippen LogP contribution in [0.3, 0.4) is 0 Å². The van der Waals surface area contributed by atoms with Crippen molar-refractivity contribution in [2.75, 3.05) is 0 Å². The highest BCUT2D eigenvalue weighted by atomic mass is 35.5. The summed E-state index contributed by atoms with van der Waals surface area (Å²) in [5.41, 5.74) is -0.300. The molecule has 0 spiro atoms. The molecule has 3 aromatic carbocycles. The van der Waals surface area contributed by atoms with E-state index in [0.29, 0.717) is 38.2 Å². The predicted octanol–water partition coefficient (Wildman–Crippen LogP) is 5.83. The van der Waals surface area contributed by atoms with Crippen LogP contribution < -0.4 is 14.8 Å². The number of ether oxygens (including phenoxy) is 1. The number of halogens is 4. The highest BCUT2D eigenvalue weighted by molar-refractivity contribution is 7.15. The van der Waals surface area contributed by atoms with Gasteiger partial charge in [0, 0.05) is 6.07 Å². The van der Waals surface area contributed by atoms with Crippen LogP contribution in [-0.2, 0) is 6.18 Å². The molecule has 176 valence electrons. The maximum atomic E-state index is 12.9. The summed E-state index contributed by atoms with van der Waals surface area (Å²) in [6.07, 6.45) is -3.12. The molecule has 0 bridgehead atoms. The Labute approximate surface area is 202 Å². The minimum atomic E-state index is -4.74. The molecule has 5 aromatic rings. The first-order valence-corrected chi connectivity index (χ1v) is 11.1. The van der Waals surface area contributed by atoms with Crippen molar-refractivity contribution in [2.45, 2.75) is 6.18 Å². The number of benzene rings is 3. The number of imidazole rings is 1. The number of aromatic nitrogens is 2. The van der Waals surface area contributed by atoms with E-state index in [0.717, 1.165) is 6.07 Å². The van der Waals surface area contributed by atoms with E-state index >= 15 is 0 Å². The number of alkyl halides is 3. The lowest BCUT2D eigenvalue weighted by molar-refractivity contribution is -0.385. The average molecular weight is 518 g/mol. The van der Waals surface area contributed by atoms with Crippen molar-refractivity contribution in [3.05, 3.63) is 102 Å². The van der Waals surface area contributed by atoms with Gasteiger partial charge in [0.1, 0.15) is 5.75 Å². The van der Waals surface area contributed by atoms with Gasteiger partial charge < -0.3 is 4.74 Å². The molecular formula is C23H11ClF3N3O4S. The predicted molar refractivity (Wildman–Crippen MR) is 125 cm³/mol. The Kier molecular flexibility index (Phi) is 5.45. The van der Waals surface area contributed by atoms with Crippen LogP contribution in [-0.4, -0.2) is 14.3 Å². The summed E-state index contributed by atoms with van der Waals surface area (Å²) in [7, 11) is 0. The van der Waals surface area contributed by atoms with Gasteiger partial charge >= 0.3 is 11.9 Å². The molecule has 0 saturated carbocycles. The van der Waals surface area contributed by atoms with Gasteiger partial charge in [0.2, 0.25) is 5.75 Å². The minimum absolute atomic E-state index is 0.000925. The molecule has 2 heterocycles. The molecule has 7 nitrogen and oxygen atoms in total. The van der Waals surface area contributed by atoms with Crippen LogP contribution in [0.4, 0.5) is 18.9 Å². The highest BCUT2D eigenvalue weighted by Gasteiger charge is 2.33. The highest BCUT2D eigenvalue weighted by Crippen LogP contribution is 2.39. The third-order valence-electron chi connectivity index (χ3n) is 5.10. The second-order valence-corrected chi connectivity index (χ2v) is 8.78. The van der Waals surface area contributed by atoms with Gasteiger partial charge in [-0.3, -0.25) is 14.9 Å². The largest absolute Gasteiger partial charge is 0.449 e. The van der Waals surface area contributed by atoms with Crippen molar-refractivity contribution in [3.8, 4) is 11.5 Å². The molecule has 0 radical (unpaired) electrons. The summed E-state index contributed by atoms with van der Waals surface area (Å²) in [5, 5.41) is 11.3. The Morgan fingerprint density at radius 2 is 1.83 bits per heavy atom. The summed E-state index contributed by atoms with van der Waals surface area (Å²) in [6, 6.07) is 13.7. The Balaban J connectivity index is 1.49. The molecule has 0 aliphatic rings. The lowest BCUT2D eigenvalue weighted by atomic mass is 10.1. The van der Waals surface area contributed by atoms with Crippen LogP contribution in [0.25, 0.3) is 22.1 Å². The van der Waals surface area contributed by atoms with Crippen molar-refractivity contribution < 1.29 is 22.8 Å². The fourth-order valence-corrected chi connectivity index (χ4v) is 4.71. The van der Waals surface area contributed by atoms with Crippen molar-refractivity contribution in [3.63, 3.8) is 0 Å². The van der Waals surface area contributed by atoms with Gasteiger partial charge in [0.05, 0.1) is 31.1 Å². The molecule has 0 aliphatic heterocycles. The van der Waals surface area contributed by atoms with Gasteiger partial charge in [0.15, 0.2) is 4.96 Å². The fraction of sp³-hybridized carbons (Fsp3) is 0.0435. The van der Waals surface area contributed by atoms with Crippen LogP contribution >= 0.6 is 22.9 Å². The average Bonchev–Trinajstić information content (AvgIpc) is 3.31. The number of nitro benzene ring substituents is 1. The Bertz CT molecular complexity index is 1750. The van der Waals surface area contributed by atoms with E-state index in [4.69, 9.17) is 16.3 Å². The van der Waals surface area contributed by atoms with Crippen molar-refractivity contribution >= 4 is 50.7 Å². The zero-order chi connectivity index (χ0) is 24.9. The van der Waals surface area contributed by atoms with Crippen LogP contribution in [0, 0.1) is 10.1 Å². The quantitative estimate of drug-likeness (QED) is 0.221. The van der Waals surface area contributed by atoms with Crippen molar-refractivity contribution in [1.82, 2.24) is 9.38 Å². The molecule has 0 N–H and O–H groups in total. The van der Waals surface area contributed by atoms with Crippen LogP contribution in [0.5, 0.6) is 11.5 Å². The summed E-state index contributed by atoms with van der Waals surface area (Å²) in [6.45, 7) is 0. The Morgan fingerprint density at radius 3 is 2.54 bits per heavy atom. The zero-order valence-corrected chi connectivity index (χ0v) is 18.8. The second kappa shape index (κ2) is 8.36. The first kappa shape index (κ1) is 22.8. The molecule has 35 heavy (non-hydrogen) atoms. The van der Waals surface area contributed by atoms with E-state index < -0.39 is 28.1 Å². The molecule has 0 fully saturated rings. The molecular weight excluding hydrogens is 507 g/mol. The number of fused-ring (bicyclic) bond motifs is 3. The van der Waals surface area contributed by atoms with Crippen LogP contribution in [0.1, 0.15) is 11.1 Å². The normalized spacial score (nSPS) is 12.5. The third kappa shape index (κ3) is 4.19. The molecule has 0 atom stereocenters. The van der Waals surface area contributed by atoms with E-state index in [1.807, 2.05) is 18.2 Å². The lowest BCUT2D eigenvalue weighted by Crippen LogP contribution is -2.22. The Hall–Kier alpha value is -3.96. The van der Waals surface area contributed by atoms with Gasteiger partial charge in [0.25, 0.3) is 5.56 Å². The van der Waals surface area contributed by atoms with Crippen LogP contribution in [0.2, 0.25) is 5.02 Å². The van der Waals surface area contributed by atoms with E-state index in [2.05, 4.69) is 4.98 Å². The number of nitrogens with zero attached hydrogens (tertiary/aromatic N) is 3. The molecule has 2 aromatic heterocycles.